The van der Waals surface area contributed by atoms with Gasteiger partial charge in [-0.2, -0.15) is 0 Å². The molecule has 3 rings (SSSR count). The molecular weight excluding hydrogens is 431 g/mol. The number of benzene rings is 3. The molecule has 8 heteroatoms. The second kappa shape index (κ2) is 10.8. The molecule has 0 heterocycles. The predicted molar refractivity (Wildman–Crippen MR) is 122 cm³/mol. The molecule has 0 spiro atoms. The highest BCUT2D eigenvalue weighted by molar-refractivity contribution is 7.92. The van der Waals surface area contributed by atoms with Gasteiger partial charge in [-0.25, -0.2) is 12.8 Å². The number of nitrogens with zero attached hydrogens (tertiary/aromatic N) is 1. The summed E-state index contributed by atoms with van der Waals surface area (Å²) in [6.45, 7) is 2.26. The lowest BCUT2D eigenvalue weighted by Gasteiger charge is -2.24. The van der Waals surface area contributed by atoms with E-state index in [1.807, 2.05) is 6.92 Å². The van der Waals surface area contributed by atoms with Crippen LogP contribution in [-0.4, -0.2) is 34.0 Å². The quantitative estimate of drug-likeness (QED) is 0.504. The van der Waals surface area contributed by atoms with Crippen LogP contribution in [-0.2, 0) is 21.2 Å². The van der Waals surface area contributed by atoms with E-state index >= 15 is 0 Å². The Morgan fingerprint density at radius 1 is 0.969 bits per heavy atom. The smallest absolute Gasteiger partial charge is 0.264 e. The van der Waals surface area contributed by atoms with E-state index in [4.69, 9.17) is 4.74 Å². The van der Waals surface area contributed by atoms with Gasteiger partial charge in [0.1, 0.15) is 18.1 Å². The number of anilines is 1. The van der Waals surface area contributed by atoms with Gasteiger partial charge in [0, 0.05) is 6.54 Å². The average molecular weight is 457 g/mol. The fourth-order valence-corrected chi connectivity index (χ4v) is 4.54. The van der Waals surface area contributed by atoms with E-state index in [-0.39, 0.29) is 17.3 Å². The molecule has 3 aromatic carbocycles. The number of hydrogen-bond acceptors (Lipinski definition) is 4. The summed E-state index contributed by atoms with van der Waals surface area (Å²) < 4.78 is 46.1. The zero-order chi connectivity index (χ0) is 23.0. The van der Waals surface area contributed by atoms with Crippen molar-refractivity contribution in [1.82, 2.24) is 5.32 Å². The summed E-state index contributed by atoms with van der Waals surface area (Å²) in [5, 5.41) is 2.74. The Morgan fingerprint density at radius 2 is 1.62 bits per heavy atom. The molecule has 6 nitrogen and oxygen atoms in total. The van der Waals surface area contributed by atoms with Gasteiger partial charge in [-0.05, 0) is 67.4 Å². The minimum Gasteiger partial charge on any atom is -0.494 e. The fraction of sp³-hybridized carbons (Fsp3) is 0.208. The monoisotopic (exact) mass is 456 g/mol. The van der Waals surface area contributed by atoms with Crippen molar-refractivity contribution < 1.29 is 22.3 Å². The Hall–Kier alpha value is -3.39. The SMILES string of the molecule is CCOc1ccc(N(CC(=O)NCCc2ccc(F)cc2)S(=O)(=O)c2ccccc2)cc1. The number of carbonyl (C=O) groups is 1. The third-order valence-electron chi connectivity index (χ3n) is 4.70. The van der Waals surface area contributed by atoms with Crippen molar-refractivity contribution in [3.8, 4) is 5.75 Å². The summed E-state index contributed by atoms with van der Waals surface area (Å²) in [6.07, 6.45) is 0.501. The molecule has 1 amide bonds. The molecule has 0 bridgehead atoms. The summed E-state index contributed by atoms with van der Waals surface area (Å²) in [7, 11) is -3.97. The van der Waals surface area contributed by atoms with Gasteiger partial charge in [-0.1, -0.05) is 30.3 Å². The molecule has 0 aliphatic carbocycles. The van der Waals surface area contributed by atoms with Crippen LogP contribution in [0.3, 0.4) is 0 Å². The first-order valence-corrected chi connectivity index (χ1v) is 11.7. The van der Waals surface area contributed by atoms with Crippen LogP contribution in [0, 0.1) is 5.82 Å². The van der Waals surface area contributed by atoms with Crippen LogP contribution in [0.4, 0.5) is 10.1 Å². The number of ether oxygens (including phenoxy) is 1. The largest absolute Gasteiger partial charge is 0.494 e. The van der Waals surface area contributed by atoms with Crippen LogP contribution in [0.2, 0.25) is 0 Å². The second-order valence-corrected chi connectivity index (χ2v) is 8.84. The normalized spacial score (nSPS) is 11.1. The molecule has 0 aliphatic heterocycles. The number of nitrogens with one attached hydrogen (secondary N) is 1. The molecule has 0 saturated heterocycles. The molecule has 0 fully saturated rings. The maximum absolute atomic E-state index is 13.3. The Balaban J connectivity index is 1.76. The van der Waals surface area contributed by atoms with E-state index < -0.39 is 15.9 Å². The maximum atomic E-state index is 13.3. The summed E-state index contributed by atoms with van der Waals surface area (Å²) in [6, 6.07) is 20.5. The Morgan fingerprint density at radius 3 is 2.25 bits per heavy atom. The van der Waals surface area contributed by atoms with E-state index in [0.717, 1.165) is 9.87 Å². The third kappa shape index (κ3) is 6.07. The number of sulfonamides is 1. The van der Waals surface area contributed by atoms with E-state index in [0.29, 0.717) is 31.0 Å². The van der Waals surface area contributed by atoms with Gasteiger partial charge in [0.25, 0.3) is 10.0 Å². The van der Waals surface area contributed by atoms with Crippen molar-refractivity contribution in [3.05, 3.63) is 90.2 Å². The van der Waals surface area contributed by atoms with Crippen molar-refractivity contribution in [2.75, 3.05) is 24.0 Å². The number of amides is 1. The first-order chi connectivity index (χ1) is 15.4. The van der Waals surface area contributed by atoms with Crippen LogP contribution in [0.1, 0.15) is 12.5 Å². The minimum atomic E-state index is -3.97. The van der Waals surface area contributed by atoms with Gasteiger partial charge < -0.3 is 10.1 Å². The van der Waals surface area contributed by atoms with E-state index in [2.05, 4.69) is 5.32 Å². The Labute approximate surface area is 187 Å². The molecule has 0 radical (unpaired) electrons. The lowest BCUT2D eigenvalue weighted by molar-refractivity contribution is -0.119. The molecular formula is C24H25FN2O4S. The molecule has 0 aliphatic rings. The van der Waals surface area contributed by atoms with Crippen molar-refractivity contribution >= 4 is 21.6 Å². The van der Waals surface area contributed by atoms with Crippen LogP contribution in [0.25, 0.3) is 0 Å². The Bertz CT molecular complexity index is 1120. The fourth-order valence-electron chi connectivity index (χ4n) is 3.09. The number of carbonyl (C=O) groups excluding carboxylic acids is 1. The average Bonchev–Trinajstić information content (AvgIpc) is 2.80. The van der Waals surface area contributed by atoms with Crippen molar-refractivity contribution in [2.24, 2.45) is 0 Å². The topological polar surface area (TPSA) is 75.7 Å². The zero-order valence-electron chi connectivity index (χ0n) is 17.7. The number of hydrogen-bond donors (Lipinski definition) is 1. The molecule has 0 unspecified atom stereocenters. The molecule has 168 valence electrons. The predicted octanol–water partition coefficient (Wildman–Crippen LogP) is 3.78. The van der Waals surface area contributed by atoms with Crippen LogP contribution in [0.15, 0.2) is 83.8 Å². The summed E-state index contributed by atoms with van der Waals surface area (Å²) in [5.74, 6) is -0.160. The van der Waals surface area contributed by atoms with Gasteiger partial charge >= 0.3 is 0 Å². The maximum Gasteiger partial charge on any atom is 0.264 e. The van der Waals surface area contributed by atoms with E-state index in [1.54, 1.807) is 54.6 Å². The van der Waals surface area contributed by atoms with Crippen LogP contribution >= 0.6 is 0 Å². The van der Waals surface area contributed by atoms with Gasteiger partial charge in [0.15, 0.2) is 0 Å². The zero-order valence-corrected chi connectivity index (χ0v) is 18.5. The second-order valence-electron chi connectivity index (χ2n) is 6.98. The van der Waals surface area contributed by atoms with Gasteiger partial charge in [0.05, 0.1) is 17.2 Å². The highest BCUT2D eigenvalue weighted by atomic mass is 32.2. The molecule has 1 N–H and O–H groups in total. The van der Waals surface area contributed by atoms with Crippen LogP contribution < -0.4 is 14.4 Å². The van der Waals surface area contributed by atoms with Crippen LogP contribution in [0.5, 0.6) is 5.75 Å². The highest BCUT2D eigenvalue weighted by Gasteiger charge is 2.27. The number of rotatable bonds is 10. The van der Waals surface area contributed by atoms with Gasteiger partial charge in [-0.15, -0.1) is 0 Å². The molecule has 3 aromatic rings. The summed E-state index contributed by atoms with van der Waals surface area (Å²) >= 11 is 0. The van der Waals surface area contributed by atoms with E-state index in [9.17, 15) is 17.6 Å². The van der Waals surface area contributed by atoms with Gasteiger partial charge in [0.2, 0.25) is 5.91 Å². The van der Waals surface area contributed by atoms with Gasteiger partial charge in [-0.3, -0.25) is 9.10 Å². The van der Waals surface area contributed by atoms with Crippen molar-refractivity contribution in [1.29, 1.82) is 0 Å². The minimum absolute atomic E-state index is 0.0907. The molecule has 0 saturated carbocycles. The Kier molecular flexibility index (Phi) is 7.83. The first-order valence-electron chi connectivity index (χ1n) is 10.2. The third-order valence-corrected chi connectivity index (χ3v) is 6.49. The van der Waals surface area contributed by atoms with Crippen molar-refractivity contribution in [3.63, 3.8) is 0 Å². The highest BCUT2D eigenvalue weighted by Crippen LogP contribution is 2.25. The standard InChI is InChI=1S/C24H25FN2O4S/c1-2-31-22-14-12-21(13-15-22)27(32(29,30)23-6-4-3-5-7-23)18-24(28)26-17-16-19-8-10-20(25)11-9-19/h3-15H,2,16-18H2,1H3,(H,26,28). The summed E-state index contributed by atoms with van der Waals surface area (Å²) in [5.41, 5.74) is 1.22. The lowest BCUT2D eigenvalue weighted by Crippen LogP contribution is -2.41. The lowest BCUT2D eigenvalue weighted by atomic mass is 10.1. The number of halogens is 1. The molecule has 0 aromatic heterocycles. The molecule has 32 heavy (non-hydrogen) atoms. The molecule has 0 atom stereocenters. The first kappa shape index (κ1) is 23.3. The van der Waals surface area contributed by atoms with E-state index in [1.165, 1.54) is 24.3 Å². The van der Waals surface area contributed by atoms with Crippen molar-refractivity contribution in [2.45, 2.75) is 18.2 Å². The summed E-state index contributed by atoms with van der Waals surface area (Å²) in [4.78, 5) is 12.7.